The molecule has 0 aromatic heterocycles. The zero-order valence-electron chi connectivity index (χ0n) is 23.5. The van der Waals surface area contributed by atoms with E-state index in [-0.39, 0.29) is 0 Å². The highest BCUT2D eigenvalue weighted by atomic mass is 32.1. The highest BCUT2D eigenvalue weighted by Crippen LogP contribution is 2.20. The molecular weight excluding hydrogens is 418 g/mol. The first-order valence-corrected chi connectivity index (χ1v) is 12.7. The Hall–Kier alpha value is -2.11. The number of hydrogen-bond acceptors (Lipinski definition) is 2. The van der Waals surface area contributed by atoms with Crippen molar-refractivity contribution in [2.45, 2.75) is 82.6 Å². The molecule has 0 aliphatic heterocycles. The van der Waals surface area contributed by atoms with Gasteiger partial charge < -0.3 is 4.90 Å². The van der Waals surface area contributed by atoms with Gasteiger partial charge in [-0.25, -0.2) is 0 Å². The van der Waals surface area contributed by atoms with E-state index >= 15 is 0 Å². The zero-order chi connectivity index (χ0) is 26.6. The van der Waals surface area contributed by atoms with Crippen LogP contribution in [0.15, 0.2) is 60.9 Å². The van der Waals surface area contributed by atoms with Crippen LogP contribution >= 0.6 is 12.6 Å². The Bertz CT molecular complexity index is 782. The molecule has 186 valence electrons. The summed E-state index contributed by atoms with van der Waals surface area (Å²) in [7, 11) is 0. The van der Waals surface area contributed by atoms with Crippen LogP contribution in [0.2, 0.25) is 0 Å². The number of benzene rings is 1. The zero-order valence-corrected chi connectivity index (χ0v) is 24.4. The normalized spacial score (nSPS) is 10.5. The first-order chi connectivity index (χ1) is 15.4. The molecule has 1 nitrogen and oxygen atoms in total. The third-order valence-electron chi connectivity index (χ3n) is 4.28. The van der Waals surface area contributed by atoms with Crippen molar-refractivity contribution in [2.75, 3.05) is 12.4 Å². The van der Waals surface area contributed by atoms with Crippen LogP contribution in [0.1, 0.15) is 92.3 Å². The van der Waals surface area contributed by atoms with Gasteiger partial charge in [-0.15, -0.1) is 6.42 Å². The Kier molecular flexibility index (Phi) is 22.0. The lowest BCUT2D eigenvalue weighted by Crippen LogP contribution is -2.24. The van der Waals surface area contributed by atoms with Gasteiger partial charge in [0, 0.05) is 17.8 Å². The number of rotatable bonds is 7. The van der Waals surface area contributed by atoms with Crippen molar-refractivity contribution >= 4 is 18.2 Å². The van der Waals surface area contributed by atoms with Crippen molar-refractivity contribution in [3.05, 3.63) is 77.5 Å². The highest BCUT2D eigenvalue weighted by molar-refractivity contribution is 7.80. The summed E-state index contributed by atoms with van der Waals surface area (Å²) in [4.78, 5) is 2.19. The predicted octanol–water partition coefficient (Wildman–Crippen LogP) is 9.71. The van der Waals surface area contributed by atoms with Crippen molar-refractivity contribution < 1.29 is 0 Å². The van der Waals surface area contributed by atoms with Crippen LogP contribution in [0.4, 0.5) is 0 Å². The summed E-state index contributed by atoms with van der Waals surface area (Å²) < 4.78 is 0. The van der Waals surface area contributed by atoms with Crippen LogP contribution in [-0.2, 0) is 0 Å². The molecule has 0 saturated carbocycles. The Morgan fingerprint density at radius 2 is 1.61 bits per heavy atom. The van der Waals surface area contributed by atoms with Gasteiger partial charge in [0.05, 0.1) is 5.88 Å². The highest BCUT2D eigenvalue weighted by Gasteiger charge is 2.12. The van der Waals surface area contributed by atoms with E-state index in [4.69, 9.17) is 6.42 Å². The van der Waals surface area contributed by atoms with Gasteiger partial charge in [-0.1, -0.05) is 97.4 Å². The lowest BCUT2D eigenvalue weighted by Gasteiger charge is -2.26. The number of thiol groups is 1. The van der Waals surface area contributed by atoms with Gasteiger partial charge in [-0.2, -0.15) is 12.6 Å². The Morgan fingerprint density at radius 3 is 1.97 bits per heavy atom. The van der Waals surface area contributed by atoms with E-state index in [9.17, 15) is 0 Å². The molecule has 0 N–H and O–H groups in total. The second-order valence-electron chi connectivity index (χ2n) is 8.61. The van der Waals surface area contributed by atoms with E-state index in [2.05, 4.69) is 82.5 Å². The Balaban J connectivity index is -0.000000495. The fourth-order valence-corrected chi connectivity index (χ4v) is 2.86. The van der Waals surface area contributed by atoms with Crippen molar-refractivity contribution in [1.29, 1.82) is 0 Å². The van der Waals surface area contributed by atoms with Crippen LogP contribution in [0.25, 0.3) is 5.57 Å². The van der Waals surface area contributed by atoms with Gasteiger partial charge in [0.1, 0.15) is 0 Å². The van der Waals surface area contributed by atoms with Crippen LogP contribution in [-0.4, -0.2) is 17.3 Å². The summed E-state index contributed by atoms with van der Waals surface area (Å²) in [5, 5.41) is 0. The predicted molar refractivity (Wildman–Crippen MR) is 159 cm³/mol. The topological polar surface area (TPSA) is 3.24 Å². The van der Waals surface area contributed by atoms with Crippen LogP contribution in [0.5, 0.6) is 0 Å². The van der Waals surface area contributed by atoms with Crippen molar-refractivity contribution in [3.63, 3.8) is 0 Å². The second kappa shape index (κ2) is 20.5. The molecular formula is C31H51NS. The summed E-state index contributed by atoms with van der Waals surface area (Å²) in [5.74, 6) is 3.45. The number of hydrogen-bond donors (Lipinski definition) is 1. The molecule has 0 spiro atoms. The van der Waals surface area contributed by atoms with E-state index in [1.165, 1.54) is 12.0 Å². The van der Waals surface area contributed by atoms with Gasteiger partial charge in [0.2, 0.25) is 0 Å². The molecule has 0 saturated heterocycles. The quantitative estimate of drug-likeness (QED) is 0.180. The molecule has 0 fully saturated rings. The number of aryl methyl sites for hydroxylation is 1. The second-order valence-corrected chi connectivity index (χ2v) is 8.89. The standard InChI is InChI=1S/C17H18.C10H21NS.2C2H6/c1-6-15-10-14(5)11-17(12-15)16(7-2)9-8-13(3)4;1-9(2)11(8-12)7-6-10(3,4)5;2*1-2/h1,7-12H,3H2,2,4-5H3;12H,1,6-8H2,2-5H3;2*1-2H3/b9-8-,16-7+;;;. The molecule has 0 radical (unpaired) electrons. The van der Waals surface area contributed by atoms with E-state index in [1.54, 1.807) is 0 Å². The van der Waals surface area contributed by atoms with E-state index < -0.39 is 0 Å². The molecule has 1 aromatic rings. The molecule has 0 heterocycles. The van der Waals surface area contributed by atoms with Crippen molar-refractivity contribution in [3.8, 4) is 12.3 Å². The molecule has 0 aliphatic carbocycles. The average molecular weight is 470 g/mol. The summed E-state index contributed by atoms with van der Waals surface area (Å²) in [6, 6.07) is 6.18. The third kappa shape index (κ3) is 19.1. The molecule has 33 heavy (non-hydrogen) atoms. The molecule has 0 bridgehead atoms. The fourth-order valence-electron chi connectivity index (χ4n) is 2.48. The molecule has 0 atom stereocenters. The summed E-state index contributed by atoms with van der Waals surface area (Å²) >= 11 is 4.25. The van der Waals surface area contributed by atoms with Gasteiger partial charge in [0.25, 0.3) is 0 Å². The van der Waals surface area contributed by atoms with E-state index in [0.29, 0.717) is 5.41 Å². The molecule has 0 aliphatic rings. The molecule has 0 unspecified atom stereocenters. The number of allylic oxidation sites excluding steroid dienone is 6. The summed E-state index contributed by atoms with van der Waals surface area (Å²) in [5.41, 5.74) is 6.95. The Morgan fingerprint density at radius 1 is 1.06 bits per heavy atom. The largest absolute Gasteiger partial charge is 0.367 e. The van der Waals surface area contributed by atoms with E-state index in [0.717, 1.165) is 40.4 Å². The van der Waals surface area contributed by atoms with Gasteiger partial charge in [-0.05, 0) is 68.4 Å². The van der Waals surface area contributed by atoms with Crippen molar-refractivity contribution in [1.82, 2.24) is 4.90 Å². The van der Waals surface area contributed by atoms with Gasteiger partial charge >= 0.3 is 0 Å². The minimum atomic E-state index is 0.399. The maximum atomic E-state index is 5.45. The minimum absolute atomic E-state index is 0.399. The lowest BCUT2D eigenvalue weighted by molar-refractivity contribution is 0.297. The first-order valence-electron chi connectivity index (χ1n) is 12.0. The molecule has 2 heteroatoms. The molecule has 0 amide bonds. The Labute approximate surface area is 213 Å². The van der Waals surface area contributed by atoms with E-state index in [1.807, 2.05) is 66.7 Å². The number of nitrogens with zero attached hydrogens (tertiary/aromatic N) is 1. The maximum absolute atomic E-state index is 5.45. The fraction of sp³-hybridized carbons (Fsp3) is 0.484. The van der Waals surface area contributed by atoms with Gasteiger partial charge in [-0.3, -0.25) is 0 Å². The third-order valence-corrected chi connectivity index (χ3v) is 4.62. The SMILES string of the molecule is C#Cc1cc(C)cc(C(/C=C\C(=C)C)=C/C)c1.C=C(C)N(CS)CCC(C)(C)C.CC.CC. The van der Waals surface area contributed by atoms with Crippen LogP contribution in [0.3, 0.4) is 0 Å². The van der Waals surface area contributed by atoms with Crippen LogP contribution < -0.4 is 0 Å². The summed E-state index contributed by atoms with van der Waals surface area (Å²) in [6.45, 7) is 31.7. The molecule has 1 rings (SSSR count). The van der Waals surface area contributed by atoms with Crippen LogP contribution in [0, 0.1) is 24.7 Å². The lowest BCUT2D eigenvalue weighted by atomic mass is 9.92. The van der Waals surface area contributed by atoms with Gasteiger partial charge in [0.15, 0.2) is 0 Å². The minimum Gasteiger partial charge on any atom is -0.367 e. The maximum Gasteiger partial charge on any atom is 0.0606 e. The monoisotopic (exact) mass is 469 g/mol. The molecule has 1 aromatic carbocycles. The average Bonchev–Trinajstić information content (AvgIpc) is 2.76. The number of terminal acetylenes is 1. The smallest absolute Gasteiger partial charge is 0.0606 e. The first kappa shape index (κ1) is 35.5. The summed E-state index contributed by atoms with van der Waals surface area (Å²) in [6.07, 6.45) is 12.8. The van der Waals surface area contributed by atoms with Crippen molar-refractivity contribution in [2.24, 2.45) is 5.41 Å².